The van der Waals surface area contributed by atoms with Gasteiger partial charge in [0.15, 0.2) is 0 Å². The molecule has 1 aliphatic carbocycles. The van der Waals surface area contributed by atoms with Gasteiger partial charge in [-0.05, 0) is 36.6 Å². The fraction of sp³-hybridized carbons (Fsp3) is 0.375. The fourth-order valence-electron chi connectivity index (χ4n) is 1.97. The summed E-state index contributed by atoms with van der Waals surface area (Å²) in [6, 6.07) is 12.3. The largest absolute Gasteiger partial charge is 0.497 e. The molecule has 1 fully saturated rings. The quantitative estimate of drug-likeness (QED) is 0.846. The Morgan fingerprint density at radius 2 is 2.10 bits per heavy atom. The van der Waals surface area contributed by atoms with Crippen molar-refractivity contribution in [1.29, 1.82) is 0 Å². The number of nitrogens with one attached hydrogen (secondary N) is 1. The number of hydrogen-bond acceptors (Lipinski definition) is 5. The molecule has 2 aromatic rings. The normalized spacial score (nSPS) is 14.0. The lowest BCUT2D eigenvalue weighted by molar-refractivity contribution is 0.289. The van der Waals surface area contributed by atoms with E-state index in [1.807, 2.05) is 36.4 Å². The molecule has 1 aliphatic rings. The lowest BCUT2D eigenvalue weighted by atomic mass is 10.2. The minimum absolute atomic E-state index is 0.450. The predicted molar refractivity (Wildman–Crippen MR) is 79.2 cm³/mol. The van der Waals surface area contributed by atoms with Gasteiger partial charge < -0.3 is 14.8 Å². The number of rotatable bonds is 7. The van der Waals surface area contributed by atoms with Gasteiger partial charge in [0.1, 0.15) is 12.4 Å². The second-order valence-corrected chi connectivity index (χ2v) is 5.16. The summed E-state index contributed by atoms with van der Waals surface area (Å²) in [5, 5.41) is 11.7. The molecule has 0 radical (unpaired) electrons. The van der Waals surface area contributed by atoms with E-state index in [1.54, 1.807) is 7.11 Å². The Bertz CT molecular complexity index is 582. The summed E-state index contributed by atoms with van der Waals surface area (Å²) < 4.78 is 10.8. The van der Waals surface area contributed by atoms with Gasteiger partial charge in [0, 0.05) is 18.7 Å². The van der Waals surface area contributed by atoms with Crippen LogP contribution in [0.3, 0.4) is 0 Å². The van der Waals surface area contributed by atoms with Crippen LogP contribution in [-0.2, 0) is 13.2 Å². The number of aromatic nitrogens is 2. The highest BCUT2D eigenvalue weighted by Gasteiger charge is 2.20. The molecule has 1 saturated carbocycles. The van der Waals surface area contributed by atoms with Gasteiger partial charge in [-0.1, -0.05) is 12.1 Å². The Balaban J connectivity index is 1.52. The maximum absolute atomic E-state index is 5.63. The van der Waals surface area contributed by atoms with Crippen LogP contribution in [0.2, 0.25) is 0 Å². The Kier molecular flexibility index (Phi) is 4.31. The van der Waals surface area contributed by atoms with E-state index >= 15 is 0 Å². The van der Waals surface area contributed by atoms with Crippen molar-refractivity contribution in [3.8, 4) is 11.6 Å². The van der Waals surface area contributed by atoms with Crippen LogP contribution in [0.15, 0.2) is 36.4 Å². The third kappa shape index (κ3) is 4.16. The second kappa shape index (κ2) is 6.54. The minimum atomic E-state index is 0.450. The molecular formula is C16H19N3O2. The van der Waals surface area contributed by atoms with Crippen molar-refractivity contribution in [3.63, 3.8) is 0 Å². The first-order valence-corrected chi connectivity index (χ1v) is 7.15. The molecule has 110 valence electrons. The Labute approximate surface area is 124 Å². The molecule has 5 nitrogen and oxygen atoms in total. The first kappa shape index (κ1) is 13.8. The van der Waals surface area contributed by atoms with Crippen LogP contribution >= 0.6 is 0 Å². The highest BCUT2D eigenvalue weighted by atomic mass is 16.5. The molecule has 0 aliphatic heterocycles. The van der Waals surface area contributed by atoms with Crippen molar-refractivity contribution in [2.45, 2.75) is 32.0 Å². The summed E-state index contributed by atoms with van der Waals surface area (Å²) in [7, 11) is 1.65. The van der Waals surface area contributed by atoms with Crippen molar-refractivity contribution in [2.75, 3.05) is 7.11 Å². The van der Waals surface area contributed by atoms with Crippen LogP contribution in [0.4, 0.5) is 0 Å². The number of benzene rings is 1. The SMILES string of the molecule is COc1cccc(COc2ccc(CNC3CC3)nn2)c1. The lowest BCUT2D eigenvalue weighted by Gasteiger charge is -2.07. The second-order valence-electron chi connectivity index (χ2n) is 5.16. The van der Waals surface area contributed by atoms with Gasteiger partial charge in [-0.25, -0.2) is 0 Å². The average molecular weight is 285 g/mol. The molecule has 1 N–H and O–H groups in total. The monoisotopic (exact) mass is 285 g/mol. The topological polar surface area (TPSA) is 56.3 Å². The summed E-state index contributed by atoms with van der Waals surface area (Å²) in [4.78, 5) is 0. The van der Waals surface area contributed by atoms with Crippen molar-refractivity contribution in [3.05, 3.63) is 47.7 Å². The van der Waals surface area contributed by atoms with Crippen molar-refractivity contribution in [1.82, 2.24) is 15.5 Å². The Morgan fingerprint density at radius 1 is 1.19 bits per heavy atom. The summed E-state index contributed by atoms with van der Waals surface area (Å²) >= 11 is 0. The van der Waals surface area contributed by atoms with Gasteiger partial charge in [-0.15, -0.1) is 5.10 Å². The molecule has 21 heavy (non-hydrogen) atoms. The molecule has 3 rings (SSSR count). The summed E-state index contributed by atoms with van der Waals surface area (Å²) in [6.07, 6.45) is 2.55. The zero-order valence-electron chi connectivity index (χ0n) is 12.1. The van der Waals surface area contributed by atoms with Crippen molar-refractivity contribution < 1.29 is 9.47 Å². The molecule has 0 spiro atoms. The molecule has 1 heterocycles. The highest BCUT2D eigenvalue weighted by Crippen LogP contribution is 2.19. The first-order chi connectivity index (χ1) is 10.3. The number of hydrogen-bond donors (Lipinski definition) is 1. The highest BCUT2D eigenvalue weighted by molar-refractivity contribution is 5.28. The van der Waals surface area contributed by atoms with Crippen LogP contribution in [0.5, 0.6) is 11.6 Å². The van der Waals surface area contributed by atoms with E-state index in [0.29, 0.717) is 18.5 Å². The summed E-state index contributed by atoms with van der Waals surface area (Å²) in [5.41, 5.74) is 1.98. The van der Waals surface area contributed by atoms with Crippen molar-refractivity contribution >= 4 is 0 Å². The van der Waals surface area contributed by atoms with Crippen LogP contribution in [-0.4, -0.2) is 23.3 Å². The predicted octanol–water partition coefficient (Wildman–Crippen LogP) is 2.32. The van der Waals surface area contributed by atoms with Gasteiger partial charge in [-0.2, -0.15) is 5.10 Å². The Morgan fingerprint density at radius 3 is 2.81 bits per heavy atom. The molecule has 1 aromatic heterocycles. The number of nitrogens with zero attached hydrogens (tertiary/aromatic N) is 2. The smallest absolute Gasteiger partial charge is 0.233 e. The van der Waals surface area contributed by atoms with E-state index in [-0.39, 0.29) is 0 Å². The number of ether oxygens (including phenoxy) is 2. The molecule has 0 bridgehead atoms. The average Bonchev–Trinajstić information content (AvgIpc) is 3.36. The number of methoxy groups -OCH3 is 1. The standard InChI is InChI=1S/C16H19N3O2/c1-20-15-4-2-3-12(9-15)11-21-16-8-7-14(18-19-16)10-17-13-5-6-13/h2-4,7-9,13,17H,5-6,10-11H2,1H3. The van der Waals surface area contributed by atoms with Gasteiger partial charge in [0.2, 0.25) is 5.88 Å². The Hall–Kier alpha value is -2.14. The third-order valence-corrected chi connectivity index (χ3v) is 3.37. The van der Waals surface area contributed by atoms with Crippen molar-refractivity contribution in [2.24, 2.45) is 0 Å². The molecule has 0 saturated heterocycles. The summed E-state index contributed by atoms with van der Waals surface area (Å²) in [6.45, 7) is 1.22. The van der Waals surface area contributed by atoms with E-state index in [2.05, 4.69) is 15.5 Å². The van der Waals surface area contributed by atoms with Gasteiger partial charge >= 0.3 is 0 Å². The van der Waals surface area contributed by atoms with Crippen LogP contribution in [0.25, 0.3) is 0 Å². The minimum Gasteiger partial charge on any atom is -0.497 e. The zero-order chi connectivity index (χ0) is 14.5. The molecule has 0 atom stereocenters. The van der Waals surface area contributed by atoms with Crippen LogP contribution in [0, 0.1) is 0 Å². The molecule has 0 unspecified atom stereocenters. The maximum Gasteiger partial charge on any atom is 0.233 e. The van der Waals surface area contributed by atoms with Gasteiger partial charge in [0.25, 0.3) is 0 Å². The molecule has 0 amide bonds. The van der Waals surface area contributed by atoms with E-state index in [0.717, 1.165) is 23.6 Å². The van der Waals surface area contributed by atoms with E-state index < -0.39 is 0 Å². The molecular weight excluding hydrogens is 266 g/mol. The van der Waals surface area contributed by atoms with E-state index in [1.165, 1.54) is 12.8 Å². The lowest BCUT2D eigenvalue weighted by Crippen LogP contribution is -2.16. The maximum atomic E-state index is 5.63. The fourth-order valence-corrected chi connectivity index (χ4v) is 1.97. The van der Waals surface area contributed by atoms with Crippen LogP contribution in [0.1, 0.15) is 24.1 Å². The van der Waals surface area contributed by atoms with Crippen LogP contribution < -0.4 is 14.8 Å². The van der Waals surface area contributed by atoms with E-state index in [9.17, 15) is 0 Å². The van der Waals surface area contributed by atoms with E-state index in [4.69, 9.17) is 9.47 Å². The molecule has 1 aromatic carbocycles. The summed E-state index contributed by atoms with van der Waals surface area (Å²) in [5.74, 6) is 1.36. The molecule has 5 heteroatoms. The van der Waals surface area contributed by atoms with Gasteiger partial charge in [0.05, 0.1) is 12.8 Å². The zero-order valence-corrected chi connectivity index (χ0v) is 12.1. The van der Waals surface area contributed by atoms with Gasteiger partial charge in [-0.3, -0.25) is 0 Å². The first-order valence-electron chi connectivity index (χ1n) is 7.15. The third-order valence-electron chi connectivity index (χ3n) is 3.37.